The van der Waals surface area contributed by atoms with Gasteiger partial charge in [-0.1, -0.05) is 215 Å². The van der Waals surface area contributed by atoms with E-state index in [2.05, 4.69) is 22.6 Å². The summed E-state index contributed by atoms with van der Waals surface area (Å²) >= 11 is 2.50. The Morgan fingerprint density at radius 1 is 0.286 bits per heavy atom. The van der Waals surface area contributed by atoms with Crippen molar-refractivity contribution in [1.82, 2.24) is 0 Å². The van der Waals surface area contributed by atoms with Crippen molar-refractivity contribution in [2.75, 3.05) is 25.8 Å². The molecule has 0 spiro atoms. The topological polar surface area (TPSA) is 27.7 Å². The third-order valence-electron chi connectivity index (χ3n) is 9.30. The van der Waals surface area contributed by atoms with Crippen molar-refractivity contribution in [1.29, 1.82) is 0 Å². The predicted molar refractivity (Wildman–Crippen MR) is 198 cm³/mol. The molecule has 5 heteroatoms. The van der Waals surface area contributed by atoms with Crippen molar-refractivity contribution in [3.05, 3.63) is 0 Å². The molecule has 0 radical (unpaired) electrons. The summed E-state index contributed by atoms with van der Waals surface area (Å²) in [4.78, 5) is 0. The molecule has 0 N–H and O–H groups in total. The molecular weight excluding hydrogens is 647 g/mol. The minimum atomic E-state index is -2.34. The summed E-state index contributed by atoms with van der Waals surface area (Å²) in [5.74, 6) is 0. The number of unbranched alkanes of at least 4 members (excludes halogenated alkanes) is 31. The van der Waals surface area contributed by atoms with Crippen molar-refractivity contribution in [2.24, 2.45) is 0 Å². The molecular formula is C37H77IO3Si. The molecule has 0 rings (SSSR count). The third-order valence-corrected chi connectivity index (χ3v) is 12.9. The number of halogens is 1. The van der Waals surface area contributed by atoms with Gasteiger partial charge in [0.2, 0.25) is 0 Å². The van der Waals surface area contributed by atoms with Crippen LogP contribution >= 0.6 is 22.6 Å². The molecule has 42 heavy (non-hydrogen) atoms. The molecule has 0 atom stereocenters. The highest BCUT2D eigenvalue weighted by Crippen LogP contribution is 2.19. The first kappa shape index (κ1) is 42.8. The lowest BCUT2D eigenvalue weighted by molar-refractivity contribution is 0.122. The van der Waals surface area contributed by atoms with Gasteiger partial charge < -0.3 is 13.3 Å². The molecule has 0 unspecified atom stereocenters. The molecule has 0 aromatic heterocycles. The van der Waals surface area contributed by atoms with E-state index in [1.54, 1.807) is 21.3 Å². The lowest BCUT2D eigenvalue weighted by atomic mass is 10.0. The van der Waals surface area contributed by atoms with Crippen LogP contribution in [0.5, 0.6) is 0 Å². The highest BCUT2D eigenvalue weighted by molar-refractivity contribution is 14.1. The number of hydrogen-bond donors (Lipinski definition) is 0. The second-order valence-electron chi connectivity index (χ2n) is 13.0. The lowest BCUT2D eigenvalue weighted by Crippen LogP contribution is -2.42. The average Bonchev–Trinajstić information content (AvgIpc) is 3.01. The Kier molecular flexibility index (Phi) is 37.0. The van der Waals surface area contributed by atoms with Crippen molar-refractivity contribution in [2.45, 2.75) is 212 Å². The fraction of sp³-hybridized carbons (Fsp3) is 1.00. The molecule has 0 aliphatic carbocycles. The van der Waals surface area contributed by atoms with Crippen LogP contribution in [0.15, 0.2) is 0 Å². The molecule has 0 amide bonds. The van der Waals surface area contributed by atoms with Gasteiger partial charge in [-0.25, -0.2) is 0 Å². The SMILES string of the molecule is CO[Si](CCCCCCCCCCCCCCCCCCCCCCCCCCCCCCCCCCI)(OC)OC. The summed E-state index contributed by atoms with van der Waals surface area (Å²) in [7, 11) is 2.79. The molecule has 0 saturated carbocycles. The van der Waals surface area contributed by atoms with E-state index in [0.717, 1.165) is 12.5 Å². The minimum absolute atomic E-state index is 0.940. The lowest BCUT2D eigenvalue weighted by Gasteiger charge is -2.24. The van der Waals surface area contributed by atoms with Gasteiger partial charge in [0, 0.05) is 27.4 Å². The minimum Gasteiger partial charge on any atom is -0.377 e. The van der Waals surface area contributed by atoms with Crippen LogP contribution in [0.3, 0.4) is 0 Å². The van der Waals surface area contributed by atoms with Crippen LogP contribution in [-0.2, 0) is 13.3 Å². The zero-order chi connectivity index (χ0) is 30.7. The molecule has 0 saturated heterocycles. The maximum Gasteiger partial charge on any atom is 0.500 e. The smallest absolute Gasteiger partial charge is 0.377 e. The van der Waals surface area contributed by atoms with Crippen LogP contribution < -0.4 is 0 Å². The van der Waals surface area contributed by atoms with E-state index in [4.69, 9.17) is 13.3 Å². The Hall–Kier alpha value is 0.827. The van der Waals surface area contributed by atoms with Gasteiger partial charge in [-0.2, -0.15) is 0 Å². The van der Waals surface area contributed by atoms with Crippen molar-refractivity contribution < 1.29 is 13.3 Å². The largest absolute Gasteiger partial charge is 0.500 e. The van der Waals surface area contributed by atoms with Gasteiger partial charge in [0.25, 0.3) is 0 Å². The zero-order valence-electron chi connectivity index (χ0n) is 29.1. The summed E-state index contributed by atoms with van der Waals surface area (Å²) < 4.78 is 17.8. The fourth-order valence-electron chi connectivity index (χ4n) is 6.30. The van der Waals surface area contributed by atoms with Gasteiger partial charge in [0.15, 0.2) is 0 Å². The van der Waals surface area contributed by atoms with Crippen LogP contribution in [0.2, 0.25) is 6.04 Å². The Bertz CT molecular complexity index is 481. The first-order valence-corrected chi connectivity index (χ1v) is 22.4. The third kappa shape index (κ3) is 30.8. The number of alkyl halides is 1. The van der Waals surface area contributed by atoms with Crippen LogP contribution in [0.4, 0.5) is 0 Å². The monoisotopic (exact) mass is 724 g/mol. The molecule has 0 aliphatic heterocycles. The molecule has 0 heterocycles. The molecule has 0 aromatic rings. The second kappa shape index (κ2) is 36.3. The predicted octanol–water partition coefficient (Wildman–Crippen LogP) is 13.8. The maximum absolute atomic E-state index is 5.50. The van der Waals surface area contributed by atoms with Gasteiger partial charge >= 0.3 is 8.80 Å². The van der Waals surface area contributed by atoms with Crippen molar-refractivity contribution in [3.63, 3.8) is 0 Å². The Balaban J connectivity index is 3.12. The van der Waals surface area contributed by atoms with Crippen LogP contribution in [0.25, 0.3) is 0 Å². The van der Waals surface area contributed by atoms with Crippen LogP contribution in [-0.4, -0.2) is 34.6 Å². The van der Waals surface area contributed by atoms with Gasteiger partial charge in [-0.15, -0.1) is 0 Å². The zero-order valence-corrected chi connectivity index (χ0v) is 32.3. The van der Waals surface area contributed by atoms with Gasteiger partial charge in [-0.3, -0.25) is 0 Å². The summed E-state index contributed by atoms with van der Waals surface area (Å²) in [6, 6.07) is 0.940. The van der Waals surface area contributed by atoms with E-state index in [9.17, 15) is 0 Å². The summed E-state index contributed by atoms with van der Waals surface area (Å²) in [6.07, 6.45) is 46.2. The highest BCUT2D eigenvalue weighted by Gasteiger charge is 2.36. The van der Waals surface area contributed by atoms with Gasteiger partial charge in [0.1, 0.15) is 0 Å². The van der Waals surface area contributed by atoms with E-state index in [1.807, 2.05) is 0 Å². The van der Waals surface area contributed by atoms with E-state index in [-0.39, 0.29) is 0 Å². The average molecular weight is 725 g/mol. The number of rotatable bonds is 37. The summed E-state index contributed by atoms with van der Waals surface area (Å²) in [5.41, 5.74) is 0. The van der Waals surface area contributed by atoms with Crippen LogP contribution in [0.1, 0.15) is 205 Å². The van der Waals surface area contributed by atoms with Crippen molar-refractivity contribution >= 4 is 31.4 Å². The molecule has 254 valence electrons. The normalized spacial score (nSPS) is 12.0. The van der Waals surface area contributed by atoms with Gasteiger partial charge in [0.05, 0.1) is 0 Å². The van der Waals surface area contributed by atoms with E-state index in [1.165, 1.54) is 203 Å². The molecule has 0 fully saturated rings. The molecule has 3 nitrogen and oxygen atoms in total. The van der Waals surface area contributed by atoms with E-state index < -0.39 is 8.80 Å². The maximum atomic E-state index is 5.50. The first-order chi connectivity index (χ1) is 20.7. The fourth-order valence-corrected chi connectivity index (χ4v) is 8.63. The van der Waals surface area contributed by atoms with Crippen molar-refractivity contribution in [3.8, 4) is 0 Å². The van der Waals surface area contributed by atoms with Gasteiger partial charge in [-0.05, 0) is 17.3 Å². The van der Waals surface area contributed by atoms with E-state index in [0.29, 0.717) is 0 Å². The summed E-state index contributed by atoms with van der Waals surface area (Å²) in [5, 5.41) is 0. The van der Waals surface area contributed by atoms with E-state index >= 15 is 0 Å². The van der Waals surface area contributed by atoms with Crippen LogP contribution in [0, 0.1) is 0 Å². The number of hydrogen-bond acceptors (Lipinski definition) is 3. The highest BCUT2D eigenvalue weighted by atomic mass is 127. The standard InChI is InChI=1S/C37H77IO3Si/c1-39-42(40-2,41-3)37-35-33-31-29-27-25-23-21-19-17-15-13-11-9-7-5-4-6-8-10-12-14-16-18-20-22-24-26-28-30-32-34-36-38/h4-37H2,1-3H3. The Morgan fingerprint density at radius 2 is 0.452 bits per heavy atom. The Morgan fingerprint density at radius 3 is 0.619 bits per heavy atom. The molecule has 0 aromatic carbocycles. The Labute approximate surface area is 280 Å². The summed E-state index contributed by atoms with van der Waals surface area (Å²) in [6.45, 7) is 0. The quantitative estimate of drug-likeness (QED) is 0.0276. The molecule has 0 aliphatic rings. The first-order valence-electron chi connectivity index (χ1n) is 19.0. The molecule has 0 bridgehead atoms. The second-order valence-corrected chi connectivity index (χ2v) is 17.2.